The number of hydrogen-bond donors (Lipinski definition) is 2. The lowest BCUT2D eigenvalue weighted by atomic mass is 9.66. The monoisotopic (exact) mass is 893 g/mol. The third kappa shape index (κ3) is 10.5. The lowest BCUT2D eigenvalue weighted by Gasteiger charge is -2.59. The number of esters is 2. The molecule has 0 radical (unpaired) electrons. The molecular weight excluding hydrogens is 831 g/mol. The van der Waals surface area contributed by atoms with Gasteiger partial charge in [0.2, 0.25) is 0 Å². The Morgan fingerprint density at radius 2 is 1.65 bits per heavy atom. The van der Waals surface area contributed by atoms with Gasteiger partial charge >= 0.3 is 11.9 Å². The zero-order valence-corrected chi connectivity index (χ0v) is 37.9. The highest BCUT2D eigenvalue weighted by Gasteiger charge is 2.64. The van der Waals surface area contributed by atoms with Crippen LogP contribution in [0, 0.1) is 46.9 Å². The van der Waals surface area contributed by atoms with Gasteiger partial charge in [-0.15, -0.1) is 0 Å². The summed E-state index contributed by atoms with van der Waals surface area (Å²) in [5, 5.41) is 33.0. The predicted molar refractivity (Wildman–Crippen MR) is 225 cm³/mol. The molecule has 3 fully saturated rings. The highest BCUT2D eigenvalue weighted by Crippen LogP contribution is 2.49. The molecule has 3 heterocycles. The van der Waals surface area contributed by atoms with Crippen LogP contribution in [0.1, 0.15) is 85.8 Å². The fraction of sp³-hybridized carbons (Fsp3) is 0.652. The van der Waals surface area contributed by atoms with Gasteiger partial charge in [-0.3, -0.25) is 9.59 Å². The molecule has 2 aromatic carbocycles. The van der Waals surface area contributed by atoms with E-state index in [1.54, 1.807) is 27.7 Å². The Hall–Kier alpha value is -3.84. The molecule has 17 heteroatoms. The van der Waals surface area contributed by atoms with Gasteiger partial charge in [0.25, 0.3) is 0 Å². The molecule has 2 aromatic rings. The number of halogens is 4. The molecule has 0 saturated carbocycles. The van der Waals surface area contributed by atoms with Gasteiger partial charge in [-0.25, -0.2) is 17.6 Å². The van der Waals surface area contributed by atoms with Crippen LogP contribution in [0.4, 0.5) is 17.6 Å². The first-order valence-corrected chi connectivity index (χ1v) is 21.5. The van der Waals surface area contributed by atoms with Gasteiger partial charge in [-0.05, 0) is 90.7 Å². The van der Waals surface area contributed by atoms with E-state index >= 15 is 0 Å². The van der Waals surface area contributed by atoms with Crippen LogP contribution < -0.4 is 0 Å². The molecule has 3 saturated heterocycles. The van der Waals surface area contributed by atoms with E-state index in [-0.39, 0.29) is 31.6 Å². The number of rotatable bonds is 8. The molecule has 0 bridgehead atoms. The average Bonchev–Trinajstić information content (AvgIpc) is 3.23. The van der Waals surface area contributed by atoms with Crippen LogP contribution in [0.3, 0.4) is 0 Å². The average molecular weight is 894 g/mol. The molecule has 13 nitrogen and oxygen atoms in total. The summed E-state index contributed by atoms with van der Waals surface area (Å²) in [6, 6.07) is 6.36. The van der Waals surface area contributed by atoms with Crippen LogP contribution >= 0.6 is 0 Å². The molecule has 14 atom stereocenters. The smallest absolute Gasteiger partial charge is 0.312 e. The van der Waals surface area contributed by atoms with Crippen LogP contribution in [0.25, 0.3) is 0 Å². The van der Waals surface area contributed by atoms with Gasteiger partial charge in [0, 0.05) is 42.3 Å². The lowest BCUT2D eigenvalue weighted by molar-refractivity contribution is -0.391. The number of ether oxygens (including phenoxy) is 6. The zero-order valence-electron chi connectivity index (χ0n) is 37.9. The highest BCUT2D eigenvalue weighted by molar-refractivity contribution is 5.90. The molecule has 1 spiro atoms. The summed E-state index contributed by atoms with van der Waals surface area (Å²) in [6.07, 6.45) is -4.88. The second-order valence-electron chi connectivity index (χ2n) is 18.1. The Morgan fingerprint density at radius 1 is 1.00 bits per heavy atom. The SMILES string of the molecule is CCC1OC(=O)C(C)C(OC(=O)Cc2cc(F)c(F)cc2F)C(C)C2(COC3C(OC(C)CC3N(C)C)O2)C(C)(OC)CC(C)C(=NN=Cc2ccc(F)cc2)C(C)C(O)C1(C)O. The molecule has 2 N–H and O–H groups in total. The fourth-order valence-electron chi connectivity index (χ4n) is 9.54. The summed E-state index contributed by atoms with van der Waals surface area (Å²) >= 11 is 0. The number of benzene rings is 2. The minimum atomic E-state index is -2.07. The number of likely N-dealkylation sites (N-methyl/N-ethyl adjacent to an activating group) is 1. The van der Waals surface area contributed by atoms with Crippen molar-refractivity contribution in [1.29, 1.82) is 0 Å². The van der Waals surface area contributed by atoms with Crippen molar-refractivity contribution in [2.24, 2.45) is 33.9 Å². The summed E-state index contributed by atoms with van der Waals surface area (Å²) in [5.74, 6) is -10.3. The van der Waals surface area contributed by atoms with Gasteiger partial charge in [-0.2, -0.15) is 10.2 Å². The first kappa shape index (κ1) is 50.2. The Morgan fingerprint density at radius 3 is 2.27 bits per heavy atom. The maximum atomic E-state index is 14.9. The number of hydrogen-bond acceptors (Lipinski definition) is 13. The molecule has 0 aliphatic carbocycles. The molecule has 0 amide bonds. The van der Waals surface area contributed by atoms with Gasteiger partial charge < -0.3 is 43.5 Å². The topological polar surface area (TPSA) is 158 Å². The number of nitrogens with zero attached hydrogens (tertiary/aromatic N) is 3. The number of methoxy groups -OCH3 is 1. The highest BCUT2D eigenvalue weighted by atomic mass is 19.2. The number of carbonyl (C=O) groups excluding carboxylic acids is 2. The van der Waals surface area contributed by atoms with Crippen molar-refractivity contribution >= 4 is 23.9 Å². The molecule has 3 aliphatic heterocycles. The Kier molecular flexibility index (Phi) is 16.0. The summed E-state index contributed by atoms with van der Waals surface area (Å²) in [6.45, 7) is 13.2. The summed E-state index contributed by atoms with van der Waals surface area (Å²) in [5.41, 5.74) is -4.77. The van der Waals surface area contributed by atoms with E-state index in [0.29, 0.717) is 29.8 Å². The van der Waals surface area contributed by atoms with Crippen molar-refractivity contribution in [3.05, 3.63) is 70.8 Å². The molecule has 63 heavy (non-hydrogen) atoms. The zero-order chi connectivity index (χ0) is 46.8. The lowest BCUT2D eigenvalue weighted by Crippen LogP contribution is -2.73. The maximum absolute atomic E-state index is 14.9. The molecule has 350 valence electrons. The van der Waals surface area contributed by atoms with Crippen molar-refractivity contribution in [1.82, 2.24) is 4.90 Å². The quantitative estimate of drug-likeness (QED) is 0.103. The number of cyclic esters (lactones) is 1. The number of aliphatic hydroxyl groups excluding tert-OH is 1. The Bertz CT molecular complexity index is 1990. The third-order valence-electron chi connectivity index (χ3n) is 13.5. The van der Waals surface area contributed by atoms with E-state index in [0.717, 1.165) is 0 Å². The number of carbonyl (C=O) groups is 2. The second-order valence-corrected chi connectivity index (χ2v) is 18.1. The van der Waals surface area contributed by atoms with E-state index in [4.69, 9.17) is 28.4 Å². The summed E-state index contributed by atoms with van der Waals surface area (Å²) in [7, 11) is 5.32. The van der Waals surface area contributed by atoms with Gasteiger partial charge in [0.05, 0.1) is 43.0 Å². The predicted octanol–water partition coefficient (Wildman–Crippen LogP) is 6.18. The number of fused-ring (bicyclic) bond motifs is 1. The minimum Gasteiger partial charge on any atom is -0.461 e. The van der Waals surface area contributed by atoms with E-state index in [1.165, 1.54) is 51.4 Å². The van der Waals surface area contributed by atoms with Crippen LogP contribution in [-0.2, 0) is 44.4 Å². The van der Waals surface area contributed by atoms with Crippen molar-refractivity contribution < 1.29 is 65.8 Å². The van der Waals surface area contributed by atoms with E-state index in [1.807, 2.05) is 32.8 Å². The Balaban J connectivity index is 1.69. The summed E-state index contributed by atoms with van der Waals surface area (Å²) in [4.78, 5) is 30.3. The molecule has 0 aromatic heterocycles. The normalized spacial score (nSPS) is 37.8. The van der Waals surface area contributed by atoms with Crippen LogP contribution in [0.2, 0.25) is 0 Å². The maximum Gasteiger partial charge on any atom is 0.312 e. The largest absolute Gasteiger partial charge is 0.461 e. The molecule has 5 rings (SSSR count). The standard InChI is InChI=1S/C46H63F4N3O10/c1-12-36-45(8,57)41(55)26(4)38(52-51-22-29-13-15-31(47)16-14-29)24(2)21-44(7,58-11)46(23-59-40-35(53(9)10)17-25(3)60-43(40)63-46)28(6)39(27(5)42(56)61-36)62-37(54)19-30-18-33(49)34(50)20-32(30)48/h13-16,18,20,22,24-28,35-36,39-41,43,55,57H,12,17,19,21,23H2,1-11H3. The molecule has 14 unspecified atom stereocenters. The number of aliphatic hydroxyl groups is 2. The van der Waals surface area contributed by atoms with Crippen LogP contribution in [0.5, 0.6) is 0 Å². The van der Waals surface area contributed by atoms with Gasteiger partial charge in [-0.1, -0.05) is 39.8 Å². The van der Waals surface area contributed by atoms with Crippen molar-refractivity contribution in [2.45, 2.75) is 141 Å². The Labute approximate surface area is 367 Å². The van der Waals surface area contributed by atoms with Crippen molar-refractivity contribution in [3.63, 3.8) is 0 Å². The van der Waals surface area contributed by atoms with Crippen LogP contribution in [-0.4, -0.2) is 126 Å². The second kappa shape index (κ2) is 20.1. The van der Waals surface area contributed by atoms with Gasteiger partial charge in [0.1, 0.15) is 41.1 Å². The first-order chi connectivity index (χ1) is 29.5. The fourth-order valence-corrected chi connectivity index (χ4v) is 9.54. The van der Waals surface area contributed by atoms with Crippen molar-refractivity contribution in [3.8, 4) is 0 Å². The summed E-state index contributed by atoms with van der Waals surface area (Å²) < 4.78 is 95.7. The van der Waals surface area contributed by atoms with E-state index < -0.39 is 118 Å². The van der Waals surface area contributed by atoms with Crippen molar-refractivity contribution in [2.75, 3.05) is 27.8 Å². The molecule has 3 aliphatic rings. The van der Waals surface area contributed by atoms with Crippen LogP contribution in [0.15, 0.2) is 46.6 Å². The van der Waals surface area contributed by atoms with Gasteiger partial charge in [0.15, 0.2) is 17.9 Å². The first-order valence-electron chi connectivity index (χ1n) is 21.5. The third-order valence-corrected chi connectivity index (χ3v) is 13.5. The minimum absolute atomic E-state index is 0.0453. The van der Waals surface area contributed by atoms with E-state index in [9.17, 15) is 37.4 Å². The van der Waals surface area contributed by atoms with E-state index in [2.05, 4.69) is 10.2 Å². The molecular formula is C46H63F4N3O10.